The van der Waals surface area contributed by atoms with Crippen LogP contribution in [0.15, 0.2) is 34.9 Å². The van der Waals surface area contributed by atoms with E-state index < -0.39 is 0 Å². The van der Waals surface area contributed by atoms with Gasteiger partial charge in [-0.05, 0) is 31.5 Å². The molecule has 1 fully saturated rings. The Morgan fingerprint density at radius 1 is 1.28 bits per heavy atom. The van der Waals surface area contributed by atoms with E-state index in [-0.39, 0.29) is 12.1 Å². The number of ether oxygens (including phenoxy) is 1. The first-order valence-corrected chi connectivity index (χ1v) is 8.51. The molecule has 2 amide bonds. The van der Waals surface area contributed by atoms with Gasteiger partial charge in [0.1, 0.15) is 11.5 Å². The molecule has 0 spiro atoms. The molecule has 1 atom stereocenters. The average molecular weight is 344 g/mol. The van der Waals surface area contributed by atoms with E-state index in [2.05, 4.69) is 45.0 Å². The molecule has 1 aromatic heterocycles. The fourth-order valence-corrected chi connectivity index (χ4v) is 2.80. The Hall–Kier alpha value is -2.54. The summed E-state index contributed by atoms with van der Waals surface area (Å²) < 4.78 is 10.4. The van der Waals surface area contributed by atoms with Crippen molar-refractivity contribution in [1.82, 2.24) is 15.8 Å². The molecule has 0 bridgehead atoms. The Kier molecular flexibility index (Phi) is 5.55. The Labute approximate surface area is 147 Å². The van der Waals surface area contributed by atoms with Gasteiger partial charge in [0.05, 0.1) is 25.8 Å². The first-order valence-electron chi connectivity index (χ1n) is 8.51. The zero-order chi connectivity index (χ0) is 17.6. The molecule has 0 aliphatic carbocycles. The van der Waals surface area contributed by atoms with Crippen LogP contribution in [0.3, 0.4) is 0 Å². The number of nitrogens with zero attached hydrogens (tertiary/aromatic N) is 2. The summed E-state index contributed by atoms with van der Waals surface area (Å²) in [7, 11) is 0. The van der Waals surface area contributed by atoms with Crippen LogP contribution in [0.5, 0.6) is 0 Å². The van der Waals surface area contributed by atoms with Crippen molar-refractivity contribution in [3.8, 4) is 0 Å². The van der Waals surface area contributed by atoms with Crippen LogP contribution >= 0.6 is 0 Å². The lowest BCUT2D eigenvalue weighted by molar-refractivity contribution is 0.122. The highest BCUT2D eigenvalue weighted by atomic mass is 16.5. The summed E-state index contributed by atoms with van der Waals surface area (Å²) in [6, 6.07) is 9.77. The second-order valence-electron chi connectivity index (χ2n) is 6.17. The molecule has 3 rings (SSSR count). The van der Waals surface area contributed by atoms with Gasteiger partial charge in [-0.3, -0.25) is 0 Å². The van der Waals surface area contributed by atoms with Gasteiger partial charge in [0.15, 0.2) is 0 Å². The number of urea groups is 1. The summed E-state index contributed by atoms with van der Waals surface area (Å²) in [5, 5.41) is 9.56. The van der Waals surface area contributed by atoms with E-state index in [1.165, 1.54) is 5.69 Å². The zero-order valence-corrected chi connectivity index (χ0v) is 14.6. The molecule has 1 aromatic carbocycles. The van der Waals surface area contributed by atoms with E-state index in [1.54, 1.807) is 6.07 Å². The van der Waals surface area contributed by atoms with Crippen LogP contribution in [-0.4, -0.2) is 37.5 Å². The summed E-state index contributed by atoms with van der Waals surface area (Å²) in [6.45, 7) is 7.48. The Bertz CT molecular complexity index is 693. The van der Waals surface area contributed by atoms with E-state index in [0.29, 0.717) is 12.2 Å². The second kappa shape index (κ2) is 8.02. The molecular weight excluding hydrogens is 320 g/mol. The van der Waals surface area contributed by atoms with Crippen molar-refractivity contribution in [2.24, 2.45) is 0 Å². The van der Waals surface area contributed by atoms with Crippen LogP contribution in [0.2, 0.25) is 0 Å². The van der Waals surface area contributed by atoms with Gasteiger partial charge in [-0.1, -0.05) is 17.3 Å². The fourth-order valence-electron chi connectivity index (χ4n) is 2.80. The maximum absolute atomic E-state index is 12.0. The number of hydrogen-bond acceptors (Lipinski definition) is 5. The monoisotopic (exact) mass is 344 g/mol. The molecule has 0 saturated carbocycles. The molecule has 25 heavy (non-hydrogen) atoms. The van der Waals surface area contributed by atoms with E-state index in [0.717, 1.165) is 37.6 Å². The van der Waals surface area contributed by atoms with Gasteiger partial charge in [-0.25, -0.2) is 4.79 Å². The number of anilines is 1. The predicted octanol–water partition coefficient (Wildman–Crippen LogP) is 2.38. The van der Waals surface area contributed by atoms with Gasteiger partial charge in [0.25, 0.3) is 0 Å². The lowest BCUT2D eigenvalue weighted by Crippen LogP contribution is -2.37. The molecule has 2 aromatic rings. The van der Waals surface area contributed by atoms with Crippen LogP contribution in [0.25, 0.3) is 0 Å². The van der Waals surface area contributed by atoms with E-state index in [4.69, 9.17) is 9.26 Å². The number of carbonyl (C=O) groups is 1. The van der Waals surface area contributed by atoms with Gasteiger partial charge in [0, 0.05) is 24.8 Å². The molecule has 2 N–H and O–H groups in total. The van der Waals surface area contributed by atoms with Gasteiger partial charge < -0.3 is 24.8 Å². The van der Waals surface area contributed by atoms with Gasteiger partial charge >= 0.3 is 6.03 Å². The maximum Gasteiger partial charge on any atom is 0.315 e. The maximum atomic E-state index is 12.0. The standard InChI is InChI=1S/C18H24N4O3/c1-13-11-16(21-25-13)12-19-18(23)20-14(2)15-3-5-17(6-4-15)22-7-9-24-10-8-22/h3-6,11,14H,7-10,12H2,1-2H3,(H2,19,20,23). The summed E-state index contributed by atoms with van der Waals surface area (Å²) in [5.41, 5.74) is 2.95. The minimum absolute atomic E-state index is 0.0854. The quantitative estimate of drug-likeness (QED) is 0.870. The van der Waals surface area contributed by atoms with Crippen LogP contribution in [0.1, 0.15) is 30.0 Å². The van der Waals surface area contributed by atoms with Crippen molar-refractivity contribution in [1.29, 1.82) is 0 Å². The molecule has 7 nitrogen and oxygen atoms in total. The van der Waals surface area contributed by atoms with Crippen molar-refractivity contribution in [2.45, 2.75) is 26.4 Å². The number of aromatic nitrogens is 1. The van der Waals surface area contributed by atoms with E-state index >= 15 is 0 Å². The third-order valence-corrected chi connectivity index (χ3v) is 4.22. The minimum Gasteiger partial charge on any atom is -0.378 e. The number of morpholine rings is 1. The fraction of sp³-hybridized carbons (Fsp3) is 0.444. The van der Waals surface area contributed by atoms with Gasteiger partial charge in [-0.15, -0.1) is 0 Å². The van der Waals surface area contributed by atoms with Crippen LogP contribution in [0.4, 0.5) is 10.5 Å². The Morgan fingerprint density at radius 2 is 2.00 bits per heavy atom. The SMILES string of the molecule is Cc1cc(CNC(=O)NC(C)c2ccc(N3CCOCC3)cc2)no1. The molecule has 1 saturated heterocycles. The normalized spacial score (nSPS) is 15.7. The van der Waals surface area contributed by atoms with Crippen LogP contribution in [-0.2, 0) is 11.3 Å². The molecule has 1 unspecified atom stereocenters. The van der Waals surface area contributed by atoms with Crippen molar-refractivity contribution < 1.29 is 14.1 Å². The lowest BCUT2D eigenvalue weighted by Gasteiger charge is -2.29. The largest absolute Gasteiger partial charge is 0.378 e. The molecule has 1 aliphatic rings. The minimum atomic E-state index is -0.231. The highest BCUT2D eigenvalue weighted by Gasteiger charge is 2.13. The number of rotatable bonds is 5. The van der Waals surface area contributed by atoms with Crippen LogP contribution < -0.4 is 15.5 Å². The second-order valence-corrected chi connectivity index (χ2v) is 6.17. The Balaban J connectivity index is 1.50. The number of amides is 2. The smallest absolute Gasteiger partial charge is 0.315 e. The number of hydrogen-bond donors (Lipinski definition) is 2. The summed E-state index contributed by atoms with van der Waals surface area (Å²) in [5.74, 6) is 0.728. The van der Waals surface area contributed by atoms with Crippen molar-refractivity contribution in [2.75, 3.05) is 31.2 Å². The predicted molar refractivity (Wildman–Crippen MR) is 94.5 cm³/mol. The van der Waals surface area contributed by atoms with Gasteiger partial charge in [0.2, 0.25) is 0 Å². The first kappa shape index (κ1) is 17.3. The Morgan fingerprint density at radius 3 is 2.64 bits per heavy atom. The zero-order valence-electron chi connectivity index (χ0n) is 14.6. The number of carbonyl (C=O) groups excluding carboxylic acids is 1. The van der Waals surface area contributed by atoms with Gasteiger partial charge in [-0.2, -0.15) is 0 Å². The van der Waals surface area contributed by atoms with E-state index in [9.17, 15) is 4.79 Å². The van der Waals surface area contributed by atoms with Crippen molar-refractivity contribution >= 4 is 11.7 Å². The third kappa shape index (κ3) is 4.73. The molecule has 134 valence electrons. The average Bonchev–Trinajstić information content (AvgIpc) is 3.06. The number of aryl methyl sites for hydroxylation is 1. The van der Waals surface area contributed by atoms with Crippen LogP contribution in [0, 0.1) is 6.92 Å². The van der Waals surface area contributed by atoms with Crippen molar-refractivity contribution in [3.05, 3.63) is 47.3 Å². The summed E-state index contributed by atoms with van der Waals surface area (Å²) in [4.78, 5) is 14.3. The topological polar surface area (TPSA) is 79.6 Å². The number of nitrogens with one attached hydrogen (secondary N) is 2. The number of benzene rings is 1. The highest BCUT2D eigenvalue weighted by molar-refractivity contribution is 5.74. The first-order chi connectivity index (χ1) is 12.1. The van der Waals surface area contributed by atoms with E-state index in [1.807, 2.05) is 13.8 Å². The van der Waals surface area contributed by atoms with Crippen molar-refractivity contribution in [3.63, 3.8) is 0 Å². The summed E-state index contributed by atoms with van der Waals surface area (Å²) >= 11 is 0. The molecule has 0 radical (unpaired) electrons. The molecule has 7 heteroatoms. The summed E-state index contributed by atoms with van der Waals surface area (Å²) in [6.07, 6.45) is 0. The molecule has 1 aliphatic heterocycles. The molecular formula is C18H24N4O3. The molecule has 2 heterocycles. The third-order valence-electron chi connectivity index (χ3n) is 4.22. The highest BCUT2D eigenvalue weighted by Crippen LogP contribution is 2.20. The lowest BCUT2D eigenvalue weighted by atomic mass is 10.1.